The van der Waals surface area contributed by atoms with Crippen LogP contribution in [0.15, 0.2) is 57.9 Å². The molecule has 0 saturated heterocycles. The molecule has 2 nitrogen and oxygen atoms in total. The number of aryl methyl sites for hydroxylation is 2. The van der Waals surface area contributed by atoms with Gasteiger partial charge in [0.1, 0.15) is 0 Å². The predicted molar refractivity (Wildman–Crippen MR) is 73.2 cm³/mol. The lowest BCUT2D eigenvalue weighted by atomic mass is 10.1. The first kappa shape index (κ1) is 12.1. The molecule has 1 aromatic carbocycles. The highest BCUT2D eigenvalue weighted by Crippen LogP contribution is 2.07. The van der Waals surface area contributed by atoms with Gasteiger partial charge >= 0.3 is 0 Å². The Labute approximate surface area is 109 Å². The van der Waals surface area contributed by atoms with Crippen molar-refractivity contribution in [2.45, 2.75) is 19.4 Å². The summed E-state index contributed by atoms with van der Waals surface area (Å²) in [5.74, 6) is 0. The molecule has 0 aliphatic heterocycles. The Morgan fingerprint density at radius 2 is 1.82 bits per heavy atom. The van der Waals surface area contributed by atoms with E-state index in [1.807, 2.05) is 24.4 Å². The molecule has 1 aromatic heterocycles. The number of hydrogen-bond donors (Lipinski definition) is 0. The zero-order valence-corrected chi connectivity index (χ0v) is 11.1. The highest BCUT2D eigenvalue weighted by molar-refractivity contribution is 9.10. The molecule has 0 N–H and O–H groups in total. The largest absolute Gasteiger partial charge is 0.314 e. The zero-order chi connectivity index (χ0) is 12.1. The van der Waals surface area contributed by atoms with E-state index in [9.17, 15) is 4.79 Å². The summed E-state index contributed by atoms with van der Waals surface area (Å²) in [5, 5.41) is 0. The minimum Gasteiger partial charge on any atom is -0.314 e. The predicted octanol–water partition coefficient (Wildman–Crippen LogP) is 3.24. The molecule has 0 aliphatic carbocycles. The van der Waals surface area contributed by atoms with E-state index >= 15 is 0 Å². The normalized spacial score (nSPS) is 10.4. The van der Waals surface area contributed by atoms with Crippen LogP contribution in [0, 0.1) is 0 Å². The summed E-state index contributed by atoms with van der Waals surface area (Å²) in [6.45, 7) is 0.757. The fourth-order valence-corrected chi connectivity index (χ4v) is 2.15. The fraction of sp³-hybridized carbons (Fsp3) is 0.214. The molecule has 0 atom stereocenters. The van der Waals surface area contributed by atoms with E-state index in [4.69, 9.17) is 0 Å². The third-order valence-electron chi connectivity index (χ3n) is 2.65. The van der Waals surface area contributed by atoms with Crippen LogP contribution in [0.1, 0.15) is 12.0 Å². The average molecular weight is 292 g/mol. The molecule has 0 aliphatic rings. The third kappa shape index (κ3) is 3.56. The summed E-state index contributed by atoms with van der Waals surface area (Å²) in [6.07, 6.45) is 3.81. The lowest BCUT2D eigenvalue weighted by molar-refractivity contribution is 0.621. The van der Waals surface area contributed by atoms with E-state index in [1.165, 1.54) is 5.56 Å². The Morgan fingerprint density at radius 1 is 1.06 bits per heavy atom. The van der Waals surface area contributed by atoms with Crippen molar-refractivity contribution >= 4 is 15.9 Å². The summed E-state index contributed by atoms with van der Waals surface area (Å²) in [7, 11) is 0. The van der Waals surface area contributed by atoms with Gasteiger partial charge in [0.25, 0.3) is 5.56 Å². The van der Waals surface area contributed by atoms with Gasteiger partial charge in [0, 0.05) is 23.3 Å². The number of halogens is 1. The summed E-state index contributed by atoms with van der Waals surface area (Å²) in [5.41, 5.74) is 1.37. The van der Waals surface area contributed by atoms with E-state index in [-0.39, 0.29) is 5.56 Å². The zero-order valence-electron chi connectivity index (χ0n) is 9.47. The third-order valence-corrected chi connectivity index (χ3v) is 3.12. The van der Waals surface area contributed by atoms with Gasteiger partial charge in [-0.1, -0.05) is 30.3 Å². The van der Waals surface area contributed by atoms with Crippen molar-refractivity contribution < 1.29 is 0 Å². The Bertz CT molecular complexity index is 533. The number of aromatic nitrogens is 1. The van der Waals surface area contributed by atoms with Gasteiger partial charge in [-0.2, -0.15) is 0 Å². The van der Waals surface area contributed by atoms with Gasteiger partial charge in [-0.05, 0) is 40.4 Å². The summed E-state index contributed by atoms with van der Waals surface area (Å²) >= 11 is 3.37. The van der Waals surface area contributed by atoms with Crippen molar-refractivity contribution in [2.75, 3.05) is 0 Å². The van der Waals surface area contributed by atoms with E-state index < -0.39 is 0 Å². The maximum atomic E-state index is 11.6. The second kappa shape index (κ2) is 5.82. The second-order valence-electron chi connectivity index (χ2n) is 3.97. The monoisotopic (exact) mass is 291 g/mol. The van der Waals surface area contributed by atoms with Crippen LogP contribution < -0.4 is 5.56 Å². The van der Waals surface area contributed by atoms with Crippen LogP contribution in [0.2, 0.25) is 0 Å². The molecule has 0 amide bonds. The summed E-state index contributed by atoms with van der Waals surface area (Å²) in [6, 6.07) is 13.7. The maximum absolute atomic E-state index is 11.6. The van der Waals surface area contributed by atoms with Gasteiger partial charge < -0.3 is 4.57 Å². The topological polar surface area (TPSA) is 22.0 Å². The molecule has 17 heavy (non-hydrogen) atoms. The Kier molecular flexibility index (Phi) is 4.15. The number of benzene rings is 1. The lowest BCUT2D eigenvalue weighted by Crippen LogP contribution is -2.18. The highest BCUT2D eigenvalue weighted by atomic mass is 79.9. The van der Waals surface area contributed by atoms with Crippen LogP contribution in [-0.4, -0.2) is 4.57 Å². The minimum absolute atomic E-state index is 0.0567. The first-order valence-corrected chi connectivity index (χ1v) is 6.45. The Hall–Kier alpha value is -1.35. The van der Waals surface area contributed by atoms with E-state index in [0.717, 1.165) is 23.9 Å². The first-order valence-electron chi connectivity index (χ1n) is 5.65. The second-order valence-corrected chi connectivity index (χ2v) is 4.88. The van der Waals surface area contributed by atoms with Gasteiger partial charge in [-0.15, -0.1) is 0 Å². The van der Waals surface area contributed by atoms with Crippen molar-refractivity contribution in [3.05, 3.63) is 69.1 Å². The molecule has 2 rings (SSSR count). The van der Waals surface area contributed by atoms with Crippen LogP contribution >= 0.6 is 15.9 Å². The van der Waals surface area contributed by atoms with Gasteiger partial charge in [0.2, 0.25) is 0 Å². The van der Waals surface area contributed by atoms with E-state index in [0.29, 0.717) is 0 Å². The van der Waals surface area contributed by atoms with Gasteiger partial charge in [-0.3, -0.25) is 4.79 Å². The van der Waals surface area contributed by atoms with Crippen molar-refractivity contribution in [3.8, 4) is 0 Å². The molecule has 88 valence electrons. The van der Waals surface area contributed by atoms with Crippen molar-refractivity contribution in [2.24, 2.45) is 0 Å². The quantitative estimate of drug-likeness (QED) is 0.848. The molecular weight excluding hydrogens is 278 g/mol. The molecular formula is C14H14BrNO. The van der Waals surface area contributed by atoms with Crippen molar-refractivity contribution in [1.82, 2.24) is 4.57 Å². The number of pyridine rings is 1. The molecule has 0 saturated carbocycles. The van der Waals surface area contributed by atoms with Crippen LogP contribution in [-0.2, 0) is 13.0 Å². The SMILES string of the molecule is O=c1ccc(Br)cn1CCCc1ccccc1. The molecule has 0 fully saturated rings. The Morgan fingerprint density at radius 3 is 2.59 bits per heavy atom. The van der Waals surface area contributed by atoms with Crippen LogP contribution in [0.25, 0.3) is 0 Å². The summed E-state index contributed by atoms with van der Waals surface area (Å²) < 4.78 is 2.68. The van der Waals surface area contributed by atoms with Crippen LogP contribution in [0.5, 0.6) is 0 Å². The highest BCUT2D eigenvalue weighted by Gasteiger charge is 1.97. The lowest BCUT2D eigenvalue weighted by Gasteiger charge is -2.05. The molecule has 2 aromatic rings. The van der Waals surface area contributed by atoms with Gasteiger partial charge in [0.15, 0.2) is 0 Å². The molecule has 0 radical (unpaired) electrons. The minimum atomic E-state index is 0.0567. The van der Waals surface area contributed by atoms with Crippen molar-refractivity contribution in [1.29, 1.82) is 0 Å². The maximum Gasteiger partial charge on any atom is 0.250 e. The average Bonchev–Trinajstić information content (AvgIpc) is 2.35. The van der Waals surface area contributed by atoms with E-state index in [2.05, 4.69) is 28.1 Å². The molecule has 1 heterocycles. The molecule has 0 spiro atoms. The number of rotatable bonds is 4. The smallest absolute Gasteiger partial charge is 0.250 e. The summed E-state index contributed by atoms with van der Waals surface area (Å²) in [4.78, 5) is 11.6. The van der Waals surface area contributed by atoms with E-state index in [1.54, 1.807) is 16.7 Å². The number of hydrogen-bond acceptors (Lipinski definition) is 1. The first-order chi connectivity index (χ1) is 8.25. The van der Waals surface area contributed by atoms with Gasteiger partial charge in [0.05, 0.1) is 0 Å². The fourth-order valence-electron chi connectivity index (χ4n) is 1.78. The molecule has 3 heteroatoms. The van der Waals surface area contributed by atoms with Crippen LogP contribution in [0.3, 0.4) is 0 Å². The van der Waals surface area contributed by atoms with Gasteiger partial charge in [-0.25, -0.2) is 0 Å². The standard InChI is InChI=1S/C14H14BrNO/c15-13-8-9-14(17)16(11-13)10-4-7-12-5-2-1-3-6-12/h1-3,5-6,8-9,11H,4,7,10H2. The Balaban J connectivity index is 1.94. The number of nitrogens with zero attached hydrogens (tertiary/aromatic N) is 1. The molecule has 0 bridgehead atoms. The van der Waals surface area contributed by atoms with Crippen LogP contribution in [0.4, 0.5) is 0 Å². The molecule has 0 unspecified atom stereocenters. The van der Waals surface area contributed by atoms with Crippen molar-refractivity contribution in [3.63, 3.8) is 0 Å².